The van der Waals surface area contributed by atoms with E-state index in [9.17, 15) is 4.79 Å². The highest BCUT2D eigenvalue weighted by atomic mass is 35.5. The Bertz CT molecular complexity index is 748. The van der Waals surface area contributed by atoms with E-state index in [0.717, 1.165) is 24.9 Å². The topological polar surface area (TPSA) is 82.2 Å². The number of hydrogen-bond acceptors (Lipinski definition) is 4. The molecule has 0 bridgehead atoms. The van der Waals surface area contributed by atoms with Crippen LogP contribution in [0.5, 0.6) is 5.75 Å². The zero-order valence-corrected chi connectivity index (χ0v) is 17.5. The predicted molar refractivity (Wildman–Crippen MR) is 113 cm³/mol. The number of carbonyl (C=O) groups excluding carboxylic acids is 1. The summed E-state index contributed by atoms with van der Waals surface area (Å²) in [4.78, 5) is 13.0. The molecule has 1 heterocycles. The summed E-state index contributed by atoms with van der Waals surface area (Å²) in [6.07, 6.45) is 6.12. The van der Waals surface area contributed by atoms with Crippen molar-refractivity contribution in [2.24, 2.45) is 17.6 Å². The van der Waals surface area contributed by atoms with Crippen LogP contribution in [0.2, 0.25) is 0 Å². The first-order valence-corrected chi connectivity index (χ1v) is 9.87. The Kier molecular flexibility index (Phi) is 8.33. The van der Waals surface area contributed by atoms with Crippen LogP contribution in [0.15, 0.2) is 36.5 Å². The number of hydrogen-bond donors (Lipinski definition) is 2. The van der Waals surface area contributed by atoms with Gasteiger partial charge in [-0.3, -0.25) is 4.79 Å². The molecule has 28 heavy (non-hydrogen) atoms. The van der Waals surface area contributed by atoms with Gasteiger partial charge in [0.2, 0.25) is 0 Å². The maximum atomic E-state index is 13.0. The molecule has 1 aromatic carbocycles. The van der Waals surface area contributed by atoms with Crippen LogP contribution in [0, 0.1) is 11.8 Å². The fourth-order valence-corrected chi connectivity index (χ4v) is 3.51. The van der Waals surface area contributed by atoms with E-state index in [-0.39, 0.29) is 24.4 Å². The van der Waals surface area contributed by atoms with Gasteiger partial charge in [-0.15, -0.1) is 12.4 Å². The maximum Gasteiger partial charge on any atom is 0.275 e. The van der Waals surface area contributed by atoms with Gasteiger partial charge < -0.3 is 15.8 Å². The summed E-state index contributed by atoms with van der Waals surface area (Å²) in [6.45, 7) is 5.29. The van der Waals surface area contributed by atoms with E-state index in [1.165, 1.54) is 6.42 Å². The molecule has 1 saturated carbocycles. The fourth-order valence-electron chi connectivity index (χ4n) is 3.51. The van der Waals surface area contributed by atoms with E-state index >= 15 is 0 Å². The molecule has 1 fully saturated rings. The van der Waals surface area contributed by atoms with Gasteiger partial charge in [0.15, 0.2) is 11.4 Å². The van der Waals surface area contributed by atoms with Gasteiger partial charge in [-0.25, -0.2) is 4.68 Å². The van der Waals surface area contributed by atoms with Crippen molar-refractivity contribution in [1.82, 2.24) is 15.1 Å². The number of benzene rings is 1. The number of para-hydroxylation sites is 1. The average molecular weight is 407 g/mol. The van der Waals surface area contributed by atoms with Crippen LogP contribution in [0.25, 0.3) is 5.69 Å². The third-order valence-electron chi connectivity index (χ3n) is 5.02. The summed E-state index contributed by atoms with van der Waals surface area (Å²) in [5, 5.41) is 7.68. The predicted octanol–water partition coefficient (Wildman–Crippen LogP) is 3.58. The monoisotopic (exact) mass is 406 g/mol. The van der Waals surface area contributed by atoms with E-state index in [4.69, 9.17) is 10.5 Å². The van der Waals surface area contributed by atoms with Crippen LogP contribution in [0.4, 0.5) is 0 Å². The van der Waals surface area contributed by atoms with Gasteiger partial charge in [0.05, 0.1) is 18.5 Å². The lowest BCUT2D eigenvalue weighted by atomic mass is 9.84. The molecule has 154 valence electrons. The second-order valence-corrected chi connectivity index (χ2v) is 7.69. The minimum absolute atomic E-state index is 0. The first kappa shape index (κ1) is 22.2. The van der Waals surface area contributed by atoms with Crippen LogP contribution in [0.1, 0.15) is 50.0 Å². The zero-order chi connectivity index (χ0) is 19.2. The summed E-state index contributed by atoms with van der Waals surface area (Å²) in [7, 11) is 0. The van der Waals surface area contributed by atoms with Crippen LogP contribution in [-0.2, 0) is 0 Å². The highest BCUT2D eigenvalue weighted by Crippen LogP contribution is 2.25. The van der Waals surface area contributed by atoms with E-state index < -0.39 is 0 Å². The van der Waals surface area contributed by atoms with Crippen LogP contribution < -0.4 is 15.8 Å². The zero-order valence-electron chi connectivity index (χ0n) is 16.6. The molecule has 1 aromatic heterocycles. The average Bonchev–Trinajstić information content (AvgIpc) is 3.12. The first-order chi connectivity index (χ1) is 13.1. The molecule has 0 radical (unpaired) electrons. The molecule has 2 atom stereocenters. The maximum absolute atomic E-state index is 13.0. The summed E-state index contributed by atoms with van der Waals surface area (Å²) in [6, 6.07) is 9.85. The fraction of sp³-hybridized carbons (Fsp3) is 0.524. The summed E-state index contributed by atoms with van der Waals surface area (Å²) >= 11 is 0. The van der Waals surface area contributed by atoms with Crippen molar-refractivity contribution in [3.63, 3.8) is 0 Å². The van der Waals surface area contributed by atoms with Gasteiger partial charge >= 0.3 is 0 Å². The van der Waals surface area contributed by atoms with Gasteiger partial charge in [0.25, 0.3) is 5.91 Å². The van der Waals surface area contributed by atoms with Gasteiger partial charge in [0, 0.05) is 6.04 Å². The molecule has 3 N–H and O–H groups in total. The normalized spacial score (nSPS) is 19.1. The first-order valence-electron chi connectivity index (χ1n) is 9.87. The second kappa shape index (κ2) is 10.5. The number of aromatic nitrogens is 2. The molecule has 3 rings (SSSR count). The molecular weight excluding hydrogens is 376 g/mol. The van der Waals surface area contributed by atoms with E-state index in [2.05, 4.69) is 24.3 Å². The van der Waals surface area contributed by atoms with Crippen molar-refractivity contribution in [1.29, 1.82) is 0 Å². The number of amides is 1. The standard InChI is InChI=1S/C21H30N4O2.ClH/c1-15(2)14-27-19-13-25(17-9-4-3-5-10-17)24-20(19)21(26)23-18-11-7-6-8-16(18)12-22;/h3-5,9-10,13,15-16,18H,6-8,11-12,14,22H2,1-2H3,(H,23,26);1H. The lowest BCUT2D eigenvalue weighted by Crippen LogP contribution is -2.45. The lowest BCUT2D eigenvalue weighted by Gasteiger charge is -2.31. The number of nitrogens with zero attached hydrogens (tertiary/aromatic N) is 2. The second-order valence-electron chi connectivity index (χ2n) is 7.69. The smallest absolute Gasteiger partial charge is 0.275 e. The number of halogens is 1. The van der Waals surface area contributed by atoms with Gasteiger partial charge in [-0.1, -0.05) is 44.9 Å². The number of ether oxygens (including phenoxy) is 1. The Hall–Kier alpha value is -2.05. The van der Waals surface area contributed by atoms with Gasteiger partial charge in [-0.2, -0.15) is 5.10 Å². The minimum Gasteiger partial charge on any atom is -0.489 e. The van der Waals surface area contributed by atoms with Crippen LogP contribution >= 0.6 is 12.4 Å². The summed E-state index contributed by atoms with van der Waals surface area (Å²) in [5.41, 5.74) is 7.13. The third kappa shape index (κ3) is 5.49. The van der Waals surface area contributed by atoms with E-state index in [1.54, 1.807) is 10.9 Å². The minimum atomic E-state index is -0.186. The number of nitrogens with one attached hydrogen (secondary N) is 1. The molecule has 1 aliphatic rings. The molecule has 2 aromatic rings. The Labute approximate surface area is 173 Å². The van der Waals surface area contributed by atoms with Gasteiger partial charge in [-0.05, 0) is 43.4 Å². The molecule has 2 unspecified atom stereocenters. The third-order valence-corrected chi connectivity index (χ3v) is 5.02. The molecule has 6 nitrogen and oxygen atoms in total. The Morgan fingerprint density at radius 1 is 1.29 bits per heavy atom. The van der Waals surface area contributed by atoms with Gasteiger partial charge in [0.1, 0.15) is 0 Å². The van der Waals surface area contributed by atoms with Crippen molar-refractivity contribution < 1.29 is 9.53 Å². The summed E-state index contributed by atoms with van der Waals surface area (Å²) < 4.78 is 7.60. The molecular formula is C21H31ClN4O2. The van der Waals surface area contributed by atoms with E-state index in [1.807, 2.05) is 30.3 Å². The molecule has 1 amide bonds. The Balaban J connectivity index is 0.00000280. The molecule has 0 spiro atoms. The highest BCUT2D eigenvalue weighted by molar-refractivity contribution is 5.95. The highest BCUT2D eigenvalue weighted by Gasteiger charge is 2.28. The van der Waals surface area contributed by atoms with Crippen molar-refractivity contribution >= 4 is 18.3 Å². The summed E-state index contributed by atoms with van der Waals surface area (Å²) in [5.74, 6) is 1.03. The van der Waals surface area contributed by atoms with Crippen LogP contribution in [0.3, 0.4) is 0 Å². The lowest BCUT2D eigenvalue weighted by molar-refractivity contribution is 0.0897. The number of nitrogens with two attached hydrogens (primary N) is 1. The SMILES string of the molecule is CC(C)COc1cn(-c2ccccc2)nc1C(=O)NC1CCCCC1CN.Cl. The van der Waals surface area contributed by atoms with E-state index in [0.29, 0.717) is 36.4 Å². The van der Waals surface area contributed by atoms with Crippen molar-refractivity contribution in [3.8, 4) is 11.4 Å². The number of rotatable bonds is 7. The van der Waals surface area contributed by atoms with Crippen LogP contribution in [-0.4, -0.2) is 34.9 Å². The van der Waals surface area contributed by atoms with Crippen molar-refractivity contribution in [2.45, 2.75) is 45.6 Å². The molecule has 0 saturated heterocycles. The quantitative estimate of drug-likeness (QED) is 0.736. The Morgan fingerprint density at radius 2 is 2.00 bits per heavy atom. The molecule has 1 aliphatic carbocycles. The largest absolute Gasteiger partial charge is 0.489 e. The number of carbonyl (C=O) groups is 1. The van der Waals surface area contributed by atoms with Crippen molar-refractivity contribution in [2.75, 3.05) is 13.2 Å². The molecule has 7 heteroatoms. The van der Waals surface area contributed by atoms with Crippen molar-refractivity contribution in [3.05, 3.63) is 42.2 Å². The molecule has 0 aliphatic heterocycles. The Morgan fingerprint density at radius 3 is 2.68 bits per heavy atom.